The van der Waals surface area contributed by atoms with Crippen molar-refractivity contribution >= 4 is 11.9 Å². The third-order valence-electron chi connectivity index (χ3n) is 2.42. The smallest absolute Gasteiger partial charge is 0.359 e. The van der Waals surface area contributed by atoms with Crippen molar-refractivity contribution in [3.63, 3.8) is 0 Å². The highest BCUT2D eigenvalue weighted by Crippen LogP contribution is 2.09. The van der Waals surface area contributed by atoms with Crippen molar-refractivity contribution in [3.05, 3.63) is 58.3 Å². The van der Waals surface area contributed by atoms with Crippen LogP contribution in [0.25, 0.3) is 5.69 Å². The van der Waals surface area contributed by atoms with Crippen molar-refractivity contribution in [1.82, 2.24) is 9.78 Å². The van der Waals surface area contributed by atoms with Gasteiger partial charge in [-0.2, -0.15) is 9.78 Å². The molecule has 0 bridgehead atoms. The Morgan fingerprint density at radius 2 is 1.95 bits per heavy atom. The molecule has 1 aromatic carbocycles. The monoisotopic (exact) mass is 292 g/mol. The van der Waals surface area contributed by atoms with E-state index in [1.54, 1.807) is 0 Å². The highest BCUT2D eigenvalue weighted by atomic mass is 19.1. The van der Waals surface area contributed by atoms with Crippen LogP contribution >= 0.6 is 0 Å². The number of aromatic nitrogens is 2. The summed E-state index contributed by atoms with van der Waals surface area (Å²) in [5.41, 5.74) is -1.08. The minimum Gasteiger partial charge on any atom is -0.479 e. The Hall–Kier alpha value is -3.03. The van der Waals surface area contributed by atoms with Gasteiger partial charge < -0.3 is 9.84 Å². The van der Waals surface area contributed by atoms with Gasteiger partial charge >= 0.3 is 11.9 Å². The van der Waals surface area contributed by atoms with E-state index < -0.39 is 29.9 Å². The second kappa shape index (κ2) is 5.95. The summed E-state index contributed by atoms with van der Waals surface area (Å²) in [6, 6.07) is 7.48. The molecule has 2 aromatic rings. The van der Waals surface area contributed by atoms with Crippen LogP contribution in [0.5, 0.6) is 0 Å². The first kappa shape index (κ1) is 14.4. The minimum atomic E-state index is -1.33. The maximum Gasteiger partial charge on any atom is 0.359 e. The zero-order valence-electron chi connectivity index (χ0n) is 10.5. The number of hydrogen-bond acceptors (Lipinski definition) is 5. The lowest BCUT2D eigenvalue weighted by Crippen LogP contribution is -2.24. The SMILES string of the molecule is O=C(O)COC(=O)c1ccc(=O)n(-c2ccccc2F)n1. The number of benzene rings is 1. The van der Waals surface area contributed by atoms with Crippen LogP contribution in [0.1, 0.15) is 10.5 Å². The Balaban J connectivity index is 2.39. The lowest BCUT2D eigenvalue weighted by Gasteiger charge is -2.07. The second-order valence-electron chi connectivity index (χ2n) is 3.89. The van der Waals surface area contributed by atoms with E-state index in [0.29, 0.717) is 4.68 Å². The molecule has 0 aliphatic heterocycles. The molecule has 0 saturated carbocycles. The molecule has 0 spiro atoms. The lowest BCUT2D eigenvalue weighted by molar-refractivity contribution is -0.140. The fraction of sp³-hybridized carbons (Fsp3) is 0.0769. The van der Waals surface area contributed by atoms with Crippen molar-refractivity contribution in [3.8, 4) is 5.69 Å². The Morgan fingerprint density at radius 3 is 2.62 bits per heavy atom. The van der Waals surface area contributed by atoms with Crippen LogP contribution in [-0.4, -0.2) is 33.4 Å². The van der Waals surface area contributed by atoms with Gasteiger partial charge in [0.15, 0.2) is 12.3 Å². The van der Waals surface area contributed by atoms with E-state index in [2.05, 4.69) is 9.84 Å². The number of hydrogen-bond donors (Lipinski definition) is 1. The van der Waals surface area contributed by atoms with Crippen molar-refractivity contribution in [1.29, 1.82) is 0 Å². The Kier molecular flexibility index (Phi) is 4.07. The van der Waals surface area contributed by atoms with Gasteiger partial charge in [-0.3, -0.25) is 4.79 Å². The summed E-state index contributed by atoms with van der Waals surface area (Å²) in [5.74, 6) is -3.04. The molecule has 108 valence electrons. The van der Waals surface area contributed by atoms with Crippen molar-refractivity contribution in [2.45, 2.75) is 0 Å². The van der Waals surface area contributed by atoms with Gasteiger partial charge in [0.25, 0.3) is 5.56 Å². The van der Waals surface area contributed by atoms with Crippen LogP contribution in [-0.2, 0) is 9.53 Å². The number of aliphatic carboxylic acids is 1. The van der Waals surface area contributed by atoms with E-state index >= 15 is 0 Å². The number of ether oxygens (including phenoxy) is 1. The first-order valence-corrected chi connectivity index (χ1v) is 5.73. The van der Waals surface area contributed by atoms with Gasteiger partial charge in [-0.15, -0.1) is 0 Å². The molecule has 0 aliphatic rings. The van der Waals surface area contributed by atoms with Crippen molar-refractivity contribution in [2.24, 2.45) is 0 Å². The second-order valence-corrected chi connectivity index (χ2v) is 3.89. The fourth-order valence-electron chi connectivity index (χ4n) is 1.52. The Labute approximate surface area is 117 Å². The van der Waals surface area contributed by atoms with Crippen LogP contribution in [0, 0.1) is 5.82 Å². The van der Waals surface area contributed by atoms with Crippen LogP contribution in [0.15, 0.2) is 41.2 Å². The molecule has 8 heteroatoms. The molecule has 21 heavy (non-hydrogen) atoms. The molecule has 0 saturated heterocycles. The molecule has 0 radical (unpaired) electrons. The molecule has 0 amide bonds. The van der Waals surface area contributed by atoms with E-state index in [1.807, 2.05) is 0 Å². The van der Waals surface area contributed by atoms with Gasteiger partial charge in [-0.05, 0) is 18.2 Å². The number of para-hydroxylation sites is 1. The number of carbonyl (C=O) groups is 2. The van der Waals surface area contributed by atoms with Gasteiger partial charge in [-0.1, -0.05) is 12.1 Å². The first-order valence-electron chi connectivity index (χ1n) is 5.73. The lowest BCUT2D eigenvalue weighted by atomic mass is 10.3. The molecule has 1 N–H and O–H groups in total. The molecule has 2 rings (SSSR count). The molecule has 0 aliphatic carbocycles. The van der Waals surface area contributed by atoms with Gasteiger partial charge in [0.05, 0.1) is 0 Å². The van der Waals surface area contributed by atoms with E-state index in [1.165, 1.54) is 18.2 Å². The quantitative estimate of drug-likeness (QED) is 0.829. The maximum atomic E-state index is 13.6. The predicted octanol–water partition coefficient (Wildman–Crippen LogP) is 0.613. The summed E-state index contributed by atoms with van der Waals surface area (Å²) >= 11 is 0. The van der Waals surface area contributed by atoms with Gasteiger partial charge in [-0.25, -0.2) is 14.0 Å². The molecular formula is C13H9FN2O5. The Morgan fingerprint density at radius 1 is 1.24 bits per heavy atom. The van der Waals surface area contributed by atoms with Crippen LogP contribution in [0.3, 0.4) is 0 Å². The molecule has 7 nitrogen and oxygen atoms in total. The number of esters is 1. The topological polar surface area (TPSA) is 98.5 Å². The number of carbonyl (C=O) groups excluding carboxylic acids is 1. The van der Waals surface area contributed by atoms with Crippen LogP contribution < -0.4 is 5.56 Å². The number of carboxylic acid groups (broad SMARTS) is 1. The average molecular weight is 292 g/mol. The predicted molar refractivity (Wildman–Crippen MR) is 67.7 cm³/mol. The highest BCUT2D eigenvalue weighted by Gasteiger charge is 2.14. The highest BCUT2D eigenvalue weighted by molar-refractivity contribution is 5.88. The number of rotatable bonds is 4. The normalized spacial score (nSPS) is 10.1. The summed E-state index contributed by atoms with van der Waals surface area (Å²) < 4.78 is 18.8. The summed E-state index contributed by atoms with van der Waals surface area (Å²) in [7, 11) is 0. The molecule has 0 atom stereocenters. The third-order valence-corrected chi connectivity index (χ3v) is 2.42. The van der Waals surface area contributed by atoms with Crippen LogP contribution in [0.2, 0.25) is 0 Å². The number of nitrogens with zero attached hydrogens (tertiary/aromatic N) is 2. The molecular weight excluding hydrogens is 283 g/mol. The van der Waals surface area contributed by atoms with Crippen molar-refractivity contribution in [2.75, 3.05) is 6.61 Å². The van der Waals surface area contributed by atoms with Gasteiger partial charge in [0.2, 0.25) is 0 Å². The van der Waals surface area contributed by atoms with Crippen LogP contribution in [0.4, 0.5) is 4.39 Å². The summed E-state index contributed by atoms with van der Waals surface area (Å²) in [4.78, 5) is 33.6. The molecule has 1 aromatic heterocycles. The van der Waals surface area contributed by atoms with Gasteiger partial charge in [0, 0.05) is 6.07 Å². The van der Waals surface area contributed by atoms with Crippen molar-refractivity contribution < 1.29 is 23.8 Å². The summed E-state index contributed by atoms with van der Waals surface area (Å²) in [6.45, 7) is -0.834. The largest absolute Gasteiger partial charge is 0.479 e. The summed E-state index contributed by atoms with van der Waals surface area (Å²) in [5, 5.41) is 12.1. The minimum absolute atomic E-state index is 0.129. The molecule has 1 heterocycles. The fourth-order valence-corrected chi connectivity index (χ4v) is 1.52. The van der Waals surface area contributed by atoms with Gasteiger partial charge in [0.1, 0.15) is 11.5 Å². The average Bonchev–Trinajstić information content (AvgIpc) is 2.46. The van der Waals surface area contributed by atoms with E-state index in [9.17, 15) is 18.8 Å². The Bertz CT molecular complexity index is 756. The zero-order chi connectivity index (χ0) is 15.4. The number of carboxylic acids is 1. The molecule has 0 fully saturated rings. The maximum absolute atomic E-state index is 13.6. The third kappa shape index (κ3) is 3.30. The number of halogens is 1. The first-order chi connectivity index (χ1) is 9.99. The standard InChI is InChI=1S/C13H9FN2O5/c14-8-3-1-2-4-10(8)16-11(17)6-5-9(15-16)13(20)21-7-12(18)19/h1-6H,7H2,(H,18,19). The van der Waals surface area contributed by atoms with E-state index in [-0.39, 0.29) is 11.4 Å². The summed E-state index contributed by atoms with van der Waals surface area (Å²) in [6.07, 6.45) is 0. The van der Waals surface area contributed by atoms with E-state index in [4.69, 9.17) is 5.11 Å². The molecule has 0 unspecified atom stereocenters. The zero-order valence-corrected chi connectivity index (χ0v) is 10.5. The van der Waals surface area contributed by atoms with E-state index in [0.717, 1.165) is 18.2 Å².